The summed E-state index contributed by atoms with van der Waals surface area (Å²) in [6.07, 6.45) is 5.87. The smallest absolute Gasteiger partial charge is 0.328 e. The van der Waals surface area contributed by atoms with Gasteiger partial charge in [-0.05, 0) is 62.9 Å². The average Bonchev–Trinajstić information content (AvgIpc) is 2.93. The molecule has 38 heavy (non-hydrogen) atoms. The number of amidine groups is 1. The van der Waals surface area contributed by atoms with Gasteiger partial charge in [0.1, 0.15) is 5.75 Å². The van der Waals surface area contributed by atoms with E-state index in [1.807, 2.05) is 11.8 Å². The topological polar surface area (TPSA) is 103 Å². The number of aliphatic imine (C=N–C) groups is 1. The fourth-order valence-electron chi connectivity index (χ4n) is 4.29. The Morgan fingerprint density at radius 2 is 1.71 bits per heavy atom. The Labute approximate surface area is 229 Å². The number of ether oxygens (including phenoxy) is 1. The molecule has 0 aliphatic carbocycles. The molecule has 2 aromatic rings. The average molecular weight is 540 g/mol. The van der Waals surface area contributed by atoms with Crippen molar-refractivity contribution in [1.82, 2.24) is 9.80 Å². The first kappa shape index (κ1) is 29.3. The van der Waals surface area contributed by atoms with Gasteiger partial charge in [-0.1, -0.05) is 47.7 Å². The third-order valence-electron chi connectivity index (χ3n) is 6.50. The van der Waals surface area contributed by atoms with E-state index in [0.29, 0.717) is 18.2 Å². The van der Waals surface area contributed by atoms with Gasteiger partial charge < -0.3 is 24.7 Å². The first-order valence-corrected chi connectivity index (χ1v) is 13.9. The fourth-order valence-corrected chi connectivity index (χ4v) is 5.34. The van der Waals surface area contributed by atoms with Crippen molar-refractivity contribution in [2.45, 2.75) is 44.4 Å². The van der Waals surface area contributed by atoms with Crippen LogP contribution in [-0.2, 0) is 15.3 Å². The zero-order valence-corrected chi connectivity index (χ0v) is 22.9. The zero-order chi connectivity index (χ0) is 27.3. The van der Waals surface area contributed by atoms with E-state index in [9.17, 15) is 9.59 Å². The first-order valence-electron chi connectivity index (χ1n) is 12.9. The van der Waals surface area contributed by atoms with Crippen molar-refractivity contribution in [1.29, 1.82) is 0 Å². The Kier molecular flexibility index (Phi) is 11.7. The molecule has 0 saturated carbocycles. The molecule has 204 valence electrons. The molecule has 2 aromatic carbocycles. The molecule has 0 radical (unpaired) electrons. The lowest BCUT2D eigenvalue weighted by molar-refractivity contribution is -0.134. The van der Waals surface area contributed by atoms with Crippen molar-refractivity contribution in [2.75, 3.05) is 33.3 Å². The third-order valence-corrected chi connectivity index (χ3v) is 7.59. The van der Waals surface area contributed by atoms with E-state index in [2.05, 4.69) is 72.3 Å². The second-order valence-corrected chi connectivity index (χ2v) is 10.3. The predicted octanol–water partition coefficient (Wildman–Crippen LogP) is 5.20. The summed E-state index contributed by atoms with van der Waals surface area (Å²) in [5, 5.41) is 16.8. The van der Waals surface area contributed by atoms with Crippen molar-refractivity contribution in [3.63, 3.8) is 0 Å². The van der Waals surface area contributed by atoms with Crippen LogP contribution in [0.4, 0.5) is 5.69 Å². The number of benzene rings is 2. The number of rotatable bonds is 9. The van der Waals surface area contributed by atoms with Gasteiger partial charge >= 0.3 is 11.9 Å². The minimum atomic E-state index is -1.26. The highest BCUT2D eigenvalue weighted by Crippen LogP contribution is 2.32. The summed E-state index contributed by atoms with van der Waals surface area (Å²) in [5.41, 5.74) is 3.76. The lowest BCUT2D eigenvalue weighted by atomic mass is 10.0. The van der Waals surface area contributed by atoms with Crippen LogP contribution in [0.3, 0.4) is 0 Å². The van der Waals surface area contributed by atoms with Crippen LogP contribution in [0.1, 0.15) is 36.8 Å². The number of carboxylic acids is 2. The first-order chi connectivity index (χ1) is 18.3. The van der Waals surface area contributed by atoms with Crippen LogP contribution in [-0.4, -0.2) is 76.4 Å². The number of likely N-dealkylation sites (tertiary alicyclic amines) is 1. The quantitative estimate of drug-likeness (QED) is 0.331. The minimum absolute atomic E-state index is 0.558. The number of unbranched alkanes of at least 4 members (excludes halogenated alkanes) is 1. The van der Waals surface area contributed by atoms with Crippen LogP contribution >= 0.6 is 11.8 Å². The van der Waals surface area contributed by atoms with Crippen molar-refractivity contribution in [2.24, 2.45) is 4.99 Å². The second kappa shape index (κ2) is 15.2. The van der Waals surface area contributed by atoms with Crippen molar-refractivity contribution >= 4 is 34.6 Å². The molecular weight excluding hydrogens is 502 g/mol. The van der Waals surface area contributed by atoms with E-state index in [-0.39, 0.29) is 0 Å². The molecule has 1 fully saturated rings. The molecule has 0 bridgehead atoms. The fraction of sp³-hybridized carbons (Fsp3) is 0.414. The van der Waals surface area contributed by atoms with Crippen LogP contribution in [0.15, 0.2) is 65.7 Å². The number of carboxylic acid groups (broad SMARTS) is 2. The van der Waals surface area contributed by atoms with Crippen LogP contribution in [0, 0.1) is 6.92 Å². The van der Waals surface area contributed by atoms with Crippen molar-refractivity contribution in [3.8, 4) is 5.75 Å². The summed E-state index contributed by atoms with van der Waals surface area (Å²) < 4.78 is 5.85. The maximum absolute atomic E-state index is 9.55. The van der Waals surface area contributed by atoms with Crippen LogP contribution in [0.5, 0.6) is 5.75 Å². The van der Waals surface area contributed by atoms with Crippen LogP contribution < -0.4 is 4.74 Å². The Balaban J connectivity index is 0.000000436. The van der Waals surface area contributed by atoms with Gasteiger partial charge in [-0.25, -0.2) is 14.6 Å². The highest BCUT2D eigenvalue weighted by molar-refractivity contribution is 8.13. The minimum Gasteiger partial charge on any atom is -0.494 e. The van der Waals surface area contributed by atoms with Crippen LogP contribution in [0.2, 0.25) is 0 Å². The van der Waals surface area contributed by atoms with Gasteiger partial charge in [-0.3, -0.25) is 0 Å². The van der Waals surface area contributed by atoms with Gasteiger partial charge in [0.25, 0.3) is 0 Å². The summed E-state index contributed by atoms with van der Waals surface area (Å²) in [5.74, 6) is -0.501. The number of aliphatic carboxylic acids is 2. The number of hydrogen-bond acceptors (Lipinski definition) is 7. The molecule has 0 unspecified atom stereocenters. The Hall–Kier alpha value is -3.30. The molecular formula is C29H37N3O5S. The van der Waals surface area contributed by atoms with Gasteiger partial charge in [0, 0.05) is 44.1 Å². The SMILES string of the molecule is Cc1ccc(OCCCCN2CCC(N(C)C3=Nc4ccccc4CS3)CC2)cc1.O=C(O)/C=C\C(=O)O. The zero-order valence-electron chi connectivity index (χ0n) is 22.1. The van der Waals surface area contributed by atoms with E-state index in [1.54, 1.807) is 0 Å². The summed E-state index contributed by atoms with van der Waals surface area (Å²) in [6, 6.07) is 17.4. The summed E-state index contributed by atoms with van der Waals surface area (Å²) in [7, 11) is 2.22. The monoisotopic (exact) mass is 539 g/mol. The number of aryl methyl sites for hydroxylation is 1. The summed E-state index contributed by atoms with van der Waals surface area (Å²) >= 11 is 1.88. The van der Waals surface area contributed by atoms with E-state index >= 15 is 0 Å². The highest BCUT2D eigenvalue weighted by Gasteiger charge is 2.26. The van der Waals surface area contributed by atoms with E-state index in [4.69, 9.17) is 19.9 Å². The Morgan fingerprint density at radius 1 is 1.05 bits per heavy atom. The molecule has 0 spiro atoms. The van der Waals surface area contributed by atoms with Gasteiger partial charge in [0.15, 0.2) is 5.17 Å². The number of hydrogen-bond donors (Lipinski definition) is 2. The number of para-hydroxylation sites is 1. The molecule has 2 aliphatic heterocycles. The van der Waals surface area contributed by atoms with Gasteiger partial charge in [0.2, 0.25) is 0 Å². The van der Waals surface area contributed by atoms with Crippen molar-refractivity contribution < 1.29 is 24.5 Å². The molecule has 4 rings (SSSR count). The maximum Gasteiger partial charge on any atom is 0.328 e. The van der Waals surface area contributed by atoms with Crippen molar-refractivity contribution in [3.05, 3.63) is 71.8 Å². The molecule has 8 nitrogen and oxygen atoms in total. The lowest BCUT2D eigenvalue weighted by Gasteiger charge is -2.38. The Morgan fingerprint density at radius 3 is 2.37 bits per heavy atom. The number of fused-ring (bicyclic) bond motifs is 1. The van der Waals surface area contributed by atoms with Crippen LogP contribution in [0.25, 0.3) is 0 Å². The van der Waals surface area contributed by atoms with E-state index in [0.717, 1.165) is 30.2 Å². The molecule has 2 aliphatic rings. The third kappa shape index (κ3) is 9.87. The largest absolute Gasteiger partial charge is 0.494 e. The van der Waals surface area contributed by atoms with Gasteiger partial charge in [-0.15, -0.1) is 0 Å². The van der Waals surface area contributed by atoms with E-state index in [1.165, 1.54) is 55.2 Å². The molecule has 0 aromatic heterocycles. The highest BCUT2D eigenvalue weighted by atomic mass is 32.2. The molecule has 2 heterocycles. The number of piperidine rings is 1. The molecule has 2 N–H and O–H groups in total. The van der Waals surface area contributed by atoms with Gasteiger partial charge in [-0.2, -0.15) is 0 Å². The Bertz CT molecular complexity index is 1100. The predicted molar refractivity (Wildman–Crippen MR) is 152 cm³/mol. The summed E-state index contributed by atoms with van der Waals surface area (Å²) in [4.78, 5) is 29.1. The lowest BCUT2D eigenvalue weighted by Crippen LogP contribution is -2.45. The maximum atomic E-state index is 9.55. The number of carbonyl (C=O) groups is 2. The van der Waals surface area contributed by atoms with Gasteiger partial charge in [0.05, 0.1) is 12.3 Å². The summed E-state index contributed by atoms with van der Waals surface area (Å²) in [6.45, 7) is 6.45. The molecule has 1 saturated heterocycles. The normalized spacial score (nSPS) is 15.7. The van der Waals surface area contributed by atoms with E-state index < -0.39 is 11.9 Å². The number of thioether (sulfide) groups is 1. The standard InChI is InChI=1S/C25H33N3OS.C4H4O4/c1-20-9-11-23(12-10-20)29-18-6-5-15-28-16-13-22(14-17-28)27(2)25-26-24-8-4-3-7-21(24)19-30-25;5-3(6)1-2-4(7)8/h3-4,7-12,22H,5-6,13-19H2,1-2H3;1-2H,(H,5,6)(H,7,8)/b;2-1-. The molecule has 0 atom stereocenters. The molecule has 0 amide bonds. The number of nitrogens with zero attached hydrogens (tertiary/aromatic N) is 3. The second-order valence-electron chi connectivity index (χ2n) is 9.37. The molecule has 9 heteroatoms.